The van der Waals surface area contributed by atoms with Gasteiger partial charge >= 0.3 is 0 Å². The summed E-state index contributed by atoms with van der Waals surface area (Å²) >= 11 is 0. The van der Waals surface area contributed by atoms with E-state index in [4.69, 9.17) is 0 Å². The van der Waals surface area contributed by atoms with Crippen molar-refractivity contribution < 1.29 is 24.4 Å². The van der Waals surface area contributed by atoms with E-state index in [1.807, 2.05) is 6.92 Å². The molecule has 2 heterocycles. The molecule has 1 aliphatic heterocycles. The van der Waals surface area contributed by atoms with Gasteiger partial charge in [0.1, 0.15) is 5.69 Å². The molecule has 0 saturated carbocycles. The van der Waals surface area contributed by atoms with Crippen molar-refractivity contribution in [3.8, 4) is 0 Å². The van der Waals surface area contributed by atoms with Gasteiger partial charge in [0.25, 0.3) is 5.91 Å². The Morgan fingerprint density at radius 2 is 2.21 bits per heavy atom. The number of nitrogens with zero attached hydrogens (tertiary/aromatic N) is 3. The zero-order valence-corrected chi connectivity index (χ0v) is 14.0. The van der Waals surface area contributed by atoms with Gasteiger partial charge < -0.3 is 20.4 Å². The number of aliphatic hydroxyl groups excluding tert-OH is 2. The number of aryl methyl sites for hydroxylation is 1. The first-order valence-corrected chi connectivity index (χ1v) is 8.07. The lowest BCUT2D eigenvalue weighted by Gasteiger charge is -2.44. The van der Waals surface area contributed by atoms with Crippen molar-refractivity contribution in [2.24, 2.45) is 5.41 Å². The number of rotatable bonds is 6. The summed E-state index contributed by atoms with van der Waals surface area (Å²) in [6.45, 7) is 3.88. The van der Waals surface area contributed by atoms with Crippen LogP contribution in [0.5, 0.6) is 0 Å². The fourth-order valence-corrected chi connectivity index (χ4v) is 3.09. The van der Waals surface area contributed by atoms with Gasteiger partial charge in [0.15, 0.2) is 5.69 Å². The minimum absolute atomic E-state index is 0.0451. The molecule has 0 bridgehead atoms. The zero-order valence-electron chi connectivity index (χ0n) is 14.0. The number of hydrogen-bond acceptors (Lipinski definition) is 7. The molecule has 2 rings (SSSR count). The molecule has 0 aliphatic carbocycles. The third-order valence-electron chi connectivity index (χ3n) is 4.66. The van der Waals surface area contributed by atoms with Crippen LogP contribution in [0.2, 0.25) is 0 Å². The molecule has 0 radical (unpaired) electrons. The summed E-state index contributed by atoms with van der Waals surface area (Å²) in [4.78, 5) is 25.6. The van der Waals surface area contributed by atoms with Crippen LogP contribution in [0.1, 0.15) is 42.4 Å². The van der Waals surface area contributed by atoms with E-state index in [1.54, 1.807) is 6.92 Å². The van der Waals surface area contributed by atoms with E-state index in [1.165, 1.54) is 4.90 Å². The molecule has 0 spiro atoms. The van der Waals surface area contributed by atoms with Crippen molar-refractivity contribution in [2.75, 3.05) is 26.2 Å². The van der Waals surface area contributed by atoms with Crippen LogP contribution in [0.4, 0.5) is 0 Å². The molecule has 134 valence electrons. The standard InChI is InChI=1S/C15H24N4O5/c1-3-4-15(9-20)5-6-19(8-11(15)21)12(22)7-16-14(23)13-10(2)17-24-18-13/h11,20-21H,3-9H2,1-2H3,(H,16,23)/t11-,15-/m1/s1. The second-order valence-electron chi connectivity index (χ2n) is 6.26. The Morgan fingerprint density at radius 3 is 2.75 bits per heavy atom. The molecular weight excluding hydrogens is 316 g/mol. The van der Waals surface area contributed by atoms with Crippen LogP contribution in [0.25, 0.3) is 0 Å². The Hall–Kier alpha value is -2.00. The van der Waals surface area contributed by atoms with E-state index in [0.29, 0.717) is 25.1 Å². The highest BCUT2D eigenvalue weighted by Crippen LogP contribution is 2.35. The largest absolute Gasteiger partial charge is 0.396 e. The fourth-order valence-electron chi connectivity index (χ4n) is 3.09. The van der Waals surface area contributed by atoms with Crippen molar-refractivity contribution in [2.45, 2.75) is 39.2 Å². The number of β-amino-alcohol motifs (C(OH)–C–C–N with tert-alkyl or cyclic N) is 1. The minimum Gasteiger partial charge on any atom is -0.396 e. The van der Waals surface area contributed by atoms with Crippen LogP contribution in [0.15, 0.2) is 4.63 Å². The number of aliphatic hydroxyl groups is 2. The molecule has 1 aromatic rings. The molecule has 1 fully saturated rings. The maximum atomic E-state index is 12.2. The Morgan fingerprint density at radius 1 is 1.46 bits per heavy atom. The summed E-state index contributed by atoms with van der Waals surface area (Å²) in [7, 11) is 0. The van der Waals surface area contributed by atoms with E-state index in [-0.39, 0.29) is 31.3 Å². The summed E-state index contributed by atoms with van der Waals surface area (Å²) in [5.41, 5.74) is -0.150. The normalized spacial score (nSPS) is 24.0. The number of piperidine rings is 1. The fraction of sp³-hybridized carbons (Fsp3) is 0.733. The van der Waals surface area contributed by atoms with Crippen molar-refractivity contribution in [3.05, 3.63) is 11.4 Å². The first-order valence-electron chi connectivity index (χ1n) is 8.07. The highest BCUT2D eigenvalue weighted by Gasteiger charge is 2.42. The summed E-state index contributed by atoms with van der Waals surface area (Å²) in [6.07, 6.45) is 1.32. The highest BCUT2D eigenvalue weighted by atomic mass is 16.6. The predicted octanol–water partition coefficient (Wildman–Crippen LogP) is -0.520. The molecule has 1 aliphatic rings. The summed E-state index contributed by atoms with van der Waals surface area (Å²) in [5.74, 6) is -0.824. The van der Waals surface area contributed by atoms with Crippen molar-refractivity contribution in [1.29, 1.82) is 0 Å². The van der Waals surface area contributed by atoms with Crippen molar-refractivity contribution >= 4 is 11.8 Å². The Labute approximate surface area is 140 Å². The number of carbonyl (C=O) groups is 2. The first kappa shape index (κ1) is 18.3. The molecule has 2 atom stereocenters. The molecule has 24 heavy (non-hydrogen) atoms. The second-order valence-corrected chi connectivity index (χ2v) is 6.26. The highest BCUT2D eigenvalue weighted by molar-refractivity contribution is 5.95. The number of likely N-dealkylation sites (tertiary alicyclic amines) is 1. The molecule has 1 aromatic heterocycles. The van der Waals surface area contributed by atoms with Crippen LogP contribution in [-0.4, -0.2) is 69.6 Å². The van der Waals surface area contributed by atoms with E-state index in [2.05, 4.69) is 20.3 Å². The van der Waals surface area contributed by atoms with Gasteiger partial charge in [-0.2, -0.15) is 0 Å². The summed E-state index contributed by atoms with van der Waals surface area (Å²) in [5, 5.41) is 29.5. The lowest BCUT2D eigenvalue weighted by molar-refractivity contribution is -0.140. The third-order valence-corrected chi connectivity index (χ3v) is 4.66. The van der Waals surface area contributed by atoms with Crippen LogP contribution in [0, 0.1) is 12.3 Å². The zero-order chi connectivity index (χ0) is 17.7. The maximum absolute atomic E-state index is 12.2. The topological polar surface area (TPSA) is 129 Å². The molecule has 0 unspecified atom stereocenters. The lowest BCUT2D eigenvalue weighted by Crippen LogP contribution is -2.55. The smallest absolute Gasteiger partial charge is 0.275 e. The third kappa shape index (κ3) is 3.73. The van der Waals surface area contributed by atoms with Gasteiger partial charge in [-0.1, -0.05) is 18.5 Å². The molecular formula is C15H24N4O5. The first-order chi connectivity index (χ1) is 11.4. The van der Waals surface area contributed by atoms with E-state index >= 15 is 0 Å². The molecule has 0 aromatic carbocycles. The lowest BCUT2D eigenvalue weighted by atomic mass is 9.73. The van der Waals surface area contributed by atoms with Gasteiger partial charge in [-0.25, -0.2) is 4.63 Å². The summed E-state index contributed by atoms with van der Waals surface area (Å²) < 4.78 is 4.45. The summed E-state index contributed by atoms with van der Waals surface area (Å²) in [6, 6.07) is 0. The van der Waals surface area contributed by atoms with E-state index in [0.717, 1.165) is 6.42 Å². The minimum atomic E-state index is -0.780. The van der Waals surface area contributed by atoms with Crippen LogP contribution in [0.3, 0.4) is 0 Å². The van der Waals surface area contributed by atoms with Gasteiger partial charge in [0.05, 0.1) is 19.3 Å². The number of amides is 2. The maximum Gasteiger partial charge on any atom is 0.275 e. The average molecular weight is 340 g/mol. The predicted molar refractivity (Wildman–Crippen MR) is 83.0 cm³/mol. The van der Waals surface area contributed by atoms with Crippen LogP contribution in [-0.2, 0) is 4.79 Å². The number of nitrogens with one attached hydrogen (secondary N) is 1. The SMILES string of the molecule is CCC[C@]1(CO)CCN(C(=O)CNC(=O)c2nonc2C)C[C@H]1O. The van der Waals surface area contributed by atoms with Gasteiger partial charge in [-0.05, 0) is 24.9 Å². The Balaban J connectivity index is 1.88. The number of hydrogen-bond donors (Lipinski definition) is 3. The van der Waals surface area contributed by atoms with Crippen molar-refractivity contribution in [1.82, 2.24) is 20.5 Å². The van der Waals surface area contributed by atoms with E-state index < -0.39 is 17.4 Å². The molecule has 2 amide bonds. The van der Waals surface area contributed by atoms with Crippen LogP contribution >= 0.6 is 0 Å². The Bertz CT molecular complexity index is 590. The molecule has 9 nitrogen and oxygen atoms in total. The average Bonchev–Trinajstić information content (AvgIpc) is 3.00. The van der Waals surface area contributed by atoms with Gasteiger partial charge in [0, 0.05) is 18.5 Å². The van der Waals surface area contributed by atoms with Gasteiger partial charge in [-0.15, -0.1) is 0 Å². The van der Waals surface area contributed by atoms with Crippen LogP contribution < -0.4 is 5.32 Å². The Kier molecular flexibility index (Phi) is 5.89. The number of aromatic nitrogens is 2. The monoisotopic (exact) mass is 340 g/mol. The van der Waals surface area contributed by atoms with E-state index in [9.17, 15) is 19.8 Å². The molecule has 1 saturated heterocycles. The molecule has 9 heteroatoms. The van der Waals surface area contributed by atoms with Crippen molar-refractivity contribution in [3.63, 3.8) is 0 Å². The quantitative estimate of drug-likeness (QED) is 0.635. The molecule has 3 N–H and O–H groups in total. The number of carbonyl (C=O) groups excluding carboxylic acids is 2. The van der Waals surface area contributed by atoms with Gasteiger partial charge in [-0.3, -0.25) is 9.59 Å². The van der Waals surface area contributed by atoms with Gasteiger partial charge in [0.2, 0.25) is 5.91 Å². The second kappa shape index (κ2) is 7.71.